The Bertz CT molecular complexity index is 533. The van der Waals surface area contributed by atoms with Crippen LogP contribution >= 0.6 is 0 Å². The Labute approximate surface area is 107 Å². The van der Waals surface area contributed by atoms with Crippen LogP contribution in [-0.2, 0) is 28.7 Å². The zero-order chi connectivity index (χ0) is 14.6. The van der Waals surface area contributed by atoms with Gasteiger partial charge in [-0.3, -0.25) is 4.79 Å². The fourth-order valence-electron chi connectivity index (χ4n) is 1.60. The number of methoxy groups -OCH3 is 1. The summed E-state index contributed by atoms with van der Waals surface area (Å²) < 4.78 is 42.7. The minimum absolute atomic E-state index is 0.0703. The predicted molar refractivity (Wildman–Crippen MR) is 59.8 cm³/mol. The molecule has 19 heavy (non-hydrogen) atoms. The SMILES string of the molecule is COC(=O)Cc1cc(C(F)(F)F)c(C#N)cc1CN. The maximum absolute atomic E-state index is 12.8. The van der Waals surface area contributed by atoms with Crippen LogP contribution in [0.4, 0.5) is 13.2 Å². The van der Waals surface area contributed by atoms with Gasteiger partial charge >= 0.3 is 12.1 Å². The second kappa shape index (κ2) is 5.71. The lowest BCUT2D eigenvalue weighted by Gasteiger charge is -2.14. The number of carbonyl (C=O) groups excluding carboxylic acids is 1. The average Bonchev–Trinajstić information content (AvgIpc) is 2.36. The number of hydrogen-bond donors (Lipinski definition) is 1. The molecule has 0 aliphatic rings. The Morgan fingerprint density at radius 3 is 2.47 bits per heavy atom. The van der Waals surface area contributed by atoms with Crippen molar-refractivity contribution in [1.29, 1.82) is 5.26 Å². The normalized spacial score (nSPS) is 10.9. The lowest BCUT2D eigenvalue weighted by Crippen LogP contribution is -2.14. The van der Waals surface area contributed by atoms with Gasteiger partial charge in [0.1, 0.15) is 0 Å². The molecule has 1 aromatic rings. The summed E-state index contributed by atoms with van der Waals surface area (Å²) in [6.45, 7) is -0.0703. The van der Waals surface area contributed by atoms with Crippen molar-refractivity contribution in [1.82, 2.24) is 0 Å². The lowest BCUT2D eigenvalue weighted by molar-refractivity contribution is -0.140. The number of hydrogen-bond acceptors (Lipinski definition) is 4. The number of ether oxygens (including phenoxy) is 1. The smallest absolute Gasteiger partial charge is 0.417 e. The molecule has 102 valence electrons. The molecule has 4 nitrogen and oxygen atoms in total. The molecule has 1 aromatic carbocycles. The number of nitrogens with zero attached hydrogens (tertiary/aromatic N) is 1. The van der Waals surface area contributed by atoms with Gasteiger partial charge in [-0.1, -0.05) is 0 Å². The molecule has 0 aliphatic heterocycles. The maximum Gasteiger partial charge on any atom is 0.417 e. The Kier molecular flexibility index (Phi) is 4.51. The summed E-state index contributed by atoms with van der Waals surface area (Å²) in [5.41, 5.74) is 4.24. The molecule has 0 bridgehead atoms. The second-order valence-electron chi connectivity index (χ2n) is 3.73. The molecule has 0 amide bonds. The van der Waals surface area contributed by atoms with Gasteiger partial charge < -0.3 is 10.5 Å². The molecule has 0 saturated carbocycles. The second-order valence-corrected chi connectivity index (χ2v) is 3.73. The Morgan fingerprint density at radius 1 is 1.42 bits per heavy atom. The van der Waals surface area contributed by atoms with E-state index in [-0.39, 0.29) is 18.5 Å². The quantitative estimate of drug-likeness (QED) is 0.850. The molecule has 7 heteroatoms. The van der Waals surface area contributed by atoms with Crippen molar-refractivity contribution in [2.45, 2.75) is 19.1 Å². The van der Waals surface area contributed by atoms with Gasteiger partial charge in [-0.15, -0.1) is 0 Å². The summed E-state index contributed by atoms with van der Waals surface area (Å²) in [5.74, 6) is -0.674. The molecule has 0 aromatic heterocycles. The van der Waals surface area contributed by atoms with Gasteiger partial charge in [0, 0.05) is 6.54 Å². The number of nitrogens with two attached hydrogens (primary N) is 1. The van der Waals surface area contributed by atoms with Gasteiger partial charge in [-0.05, 0) is 23.3 Å². The number of nitriles is 1. The molecule has 1 rings (SSSR count). The van der Waals surface area contributed by atoms with Crippen molar-refractivity contribution >= 4 is 5.97 Å². The monoisotopic (exact) mass is 272 g/mol. The number of carbonyl (C=O) groups is 1. The summed E-state index contributed by atoms with van der Waals surface area (Å²) >= 11 is 0. The van der Waals surface area contributed by atoms with E-state index in [2.05, 4.69) is 4.74 Å². The minimum atomic E-state index is -4.66. The van der Waals surface area contributed by atoms with E-state index >= 15 is 0 Å². The van der Waals surface area contributed by atoms with Crippen LogP contribution in [0.5, 0.6) is 0 Å². The number of halogens is 3. The number of benzene rings is 1. The molecule has 0 atom stereocenters. The Hall–Kier alpha value is -2.07. The van der Waals surface area contributed by atoms with Gasteiger partial charge in [0.15, 0.2) is 0 Å². The first-order valence-electron chi connectivity index (χ1n) is 5.23. The van der Waals surface area contributed by atoms with Crippen LogP contribution in [0.15, 0.2) is 12.1 Å². The van der Waals surface area contributed by atoms with Crippen LogP contribution in [0, 0.1) is 11.3 Å². The third kappa shape index (κ3) is 3.45. The number of rotatable bonds is 3. The molecule has 0 heterocycles. The first-order valence-corrected chi connectivity index (χ1v) is 5.23. The highest BCUT2D eigenvalue weighted by molar-refractivity contribution is 5.73. The van der Waals surface area contributed by atoms with E-state index in [9.17, 15) is 18.0 Å². The van der Waals surface area contributed by atoms with E-state index in [1.54, 1.807) is 0 Å². The molecule has 0 fully saturated rings. The summed E-state index contributed by atoms with van der Waals surface area (Å²) in [5, 5.41) is 8.74. The van der Waals surface area contributed by atoms with Gasteiger partial charge in [0.05, 0.1) is 30.7 Å². The van der Waals surface area contributed by atoms with Crippen molar-refractivity contribution in [3.8, 4) is 6.07 Å². The predicted octanol–water partition coefficient (Wildman–Crippen LogP) is 1.75. The highest BCUT2D eigenvalue weighted by atomic mass is 19.4. The van der Waals surface area contributed by atoms with E-state index in [0.29, 0.717) is 5.56 Å². The fourth-order valence-corrected chi connectivity index (χ4v) is 1.60. The van der Waals surface area contributed by atoms with Crippen molar-refractivity contribution in [2.75, 3.05) is 7.11 Å². The molecular formula is C12H11F3N2O2. The van der Waals surface area contributed by atoms with E-state index in [1.165, 1.54) is 6.07 Å². The van der Waals surface area contributed by atoms with E-state index < -0.39 is 23.3 Å². The molecule has 0 saturated heterocycles. The first kappa shape index (κ1) is 15.0. The number of alkyl halides is 3. The van der Waals surface area contributed by atoms with E-state index in [0.717, 1.165) is 19.2 Å². The van der Waals surface area contributed by atoms with Crippen LogP contribution in [0.3, 0.4) is 0 Å². The van der Waals surface area contributed by atoms with E-state index in [1.807, 2.05) is 0 Å². The largest absolute Gasteiger partial charge is 0.469 e. The summed E-state index contributed by atoms with van der Waals surface area (Å²) in [6.07, 6.45) is -4.99. The Balaban J connectivity index is 3.39. The van der Waals surface area contributed by atoms with Crippen LogP contribution in [0.1, 0.15) is 22.3 Å². The standard InChI is InChI=1S/C12H11F3N2O2/c1-19-11(18)4-7-3-10(12(13,14)15)9(6-17)2-8(7)5-16/h2-3H,4-5,16H2,1H3. The molecular weight excluding hydrogens is 261 g/mol. The fraction of sp³-hybridized carbons (Fsp3) is 0.333. The third-order valence-corrected chi connectivity index (χ3v) is 2.55. The maximum atomic E-state index is 12.8. The average molecular weight is 272 g/mol. The first-order chi connectivity index (χ1) is 8.83. The third-order valence-electron chi connectivity index (χ3n) is 2.55. The van der Waals surface area contributed by atoms with Crippen LogP contribution < -0.4 is 5.73 Å². The summed E-state index contributed by atoms with van der Waals surface area (Å²) in [7, 11) is 1.14. The lowest BCUT2D eigenvalue weighted by atomic mass is 9.96. The number of esters is 1. The Morgan fingerprint density at radius 2 is 2.05 bits per heavy atom. The minimum Gasteiger partial charge on any atom is -0.469 e. The summed E-state index contributed by atoms with van der Waals surface area (Å²) in [6, 6.07) is 3.31. The van der Waals surface area contributed by atoms with Gasteiger partial charge in [0.25, 0.3) is 0 Å². The zero-order valence-corrected chi connectivity index (χ0v) is 10.0. The van der Waals surface area contributed by atoms with Crippen LogP contribution in [0.2, 0.25) is 0 Å². The molecule has 0 radical (unpaired) electrons. The van der Waals surface area contributed by atoms with Crippen LogP contribution in [0.25, 0.3) is 0 Å². The van der Waals surface area contributed by atoms with Crippen molar-refractivity contribution in [3.05, 3.63) is 34.4 Å². The van der Waals surface area contributed by atoms with Crippen LogP contribution in [-0.4, -0.2) is 13.1 Å². The highest BCUT2D eigenvalue weighted by Gasteiger charge is 2.34. The zero-order valence-electron chi connectivity index (χ0n) is 10.0. The van der Waals surface area contributed by atoms with Crippen molar-refractivity contribution in [2.24, 2.45) is 5.73 Å². The van der Waals surface area contributed by atoms with Crippen molar-refractivity contribution < 1.29 is 22.7 Å². The molecule has 0 spiro atoms. The van der Waals surface area contributed by atoms with Gasteiger partial charge in [-0.2, -0.15) is 18.4 Å². The molecule has 0 aliphatic carbocycles. The van der Waals surface area contributed by atoms with Gasteiger partial charge in [0.2, 0.25) is 0 Å². The summed E-state index contributed by atoms with van der Waals surface area (Å²) in [4.78, 5) is 11.2. The van der Waals surface area contributed by atoms with Crippen molar-refractivity contribution in [3.63, 3.8) is 0 Å². The van der Waals surface area contributed by atoms with E-state index in [4.69, 9.17) is 11.0 Å². The molecule has 0 unspecified atom stereocenters. The topological polar surface area (TPSA) is 76.1 Å². The highest BCUT2D eigenvalue weighted by Crippen LogP contribution is 2.33. The van der Waals surface area contributed by atoms with Gasteiger partial charge in [-0.25, -0.2) is 0 Å². The molecule has 2 N–H and O–H groups in total.